The van der Waals surface area contributed by atoms with Crippen molar-refractivity contribution in [3.8, 4) is 17.2 Å². The highest BCUT2D eigenvalue weighted by atomic mass is 16.5. The van der Waals surface area contributed by atoms with Crippen LogP contribution in [0.4, 0.5) is 0 Å². The average molecular weight is 428 g/mol. The zero-order chi connectivity index (χ0) is 22.8. The third-order valence-corrected chi connectivity index (χ3v) is 5.98. The summed E-state index contributed by atoms with van der Waals surface area (Å²) in [6, 6.07) is 4.35. The van der Waals surface area contributed by atoms with Crippen molar-refractivity contribution in [1.29, 1.82) is 0 Å². The molecule has 9 nitrogen and oxygen atoms in total. The Morgan fingerprint density at radius 2 is 1.65 bits per heavy atom. The van der Waals surface area contributed by atoms with Crippen LogP contribution < -0.4 is 4.74 Å². The van der Waals surface area contributed by atoms with Crippen LogP contribution in [-0.4, -0.2) is 57.8 Å². The maximum Gasteiger partial charge on any atom is 0.316 e. The fourth-order valence-corrected chi connectivity index (χ4v) is 4.63. The van der Waals surface area contributed by atoms with Gasteiger partial charge in [-0.3, -0.25) is 14.4 Å². The van der Waals surface area contributed by atoms with E-state index < -0.39 is 57.8 Å². The van der Waals surface area contributed by atoms with Crippen LogP contribution in [-0.2, 0) is 9.53 Å². The van der Waals surface area contributed by atoms with E-state index >= 15 is 0 Å². The molecule has 0 aromatic heterocycles. The van der Waals surface area contributed by atoms with E-state index in [1.54, 1.807) is 0 Å². The van der Waals surface area contributed by atoms with Gasteiger partial charge in [0.15, 0.2) is 5.78 Å². The number of ether oxygens (including phenoxy) is 2. The summed E-state index contributed by atoms with van der Waals surface area (Å²) in [5, 5.41) is 43.5. The van der Waals surface area contributed by atoms with E-state index in [-0.39, 0.29) is 34.4 Å². The van der Waals surface area contributed by atoms with Gasteiger partial charge in [-0.1, -0.05) is 12.1 Å². The number of methoxy groups -OCH3 is 2. The number of aliphatic hydroxyl groups excluding tert-OH is 1. The van der Waals surface area contributed by atoms with Gasteiger partial charge in [-0.15, -0.1) is 0 Å². The minimum atomic E-state index is -1.86. The first kappa shape index (κ1) is 20.8. The lowest BCUT2D eigenvalue weighted by Crippen LogP contribution is -2.44. The number of phenolic OH excluding ortho intramolecular Hbond substituents is 2. The highest BCUT2D eigenvalue weighted by molar-refractivity contribution is 6.31. The van der Waals surface area contributed by atoms with E-state index in [9.17, 15) is 34.8 Å². The maximum absolute atomic E-state index is 13.3. The number of hydrogen-bond acceptors (Lipinski definition) is 9. The molecule has 2 aliphatic carbocycles. The van der Waals surface area contributed by atoms with E-state index in [1.165, 1.54) is 32.2 Å². The predicted molar refractivity (Wildman–Crippen MR) is 105 cm³/mol. The Labute approximate surface area is 176 Å². The van der Waals surface area contributed by atoms with Gasteiger partial charge in [-0.05, 0) is 13.0 Å². The van der Waals surface area contributed by atoms with Crippen molar-refractivity contribution < 1.29 is 44.3 Å². The van der Waals surface area contributed by atoms with E-state index in [2.05, 4.69) is 0 Å². The summed E-state index contributed by atoms with van der Waals surface area (Å²) in [6.07, 6.45) is -1.91. The lowest BCUT2D eigenvalue weighted by Gasteiger charge is -2.40. The summed E-state index contributed by atoms with van der Waals surface area (Å²) < 4.78 is 9.93. The SMILES string of the molecule is COC(=O)[C@@H]1c2c(O)c3c(c(O)c2[C@@H](O)C[C@@]1(C)O)C(=O)c1c(OC)cccc1C3=O. The van der Waals surface area contributed by atoms with Gasteiger partial charge in [0.05, 0.1) is 42.6 Å². The smallest absolute Gasteiger partial charge is 0.316 e. The number of benzene rings is 2. The van der Waals surface area contributed by atoms with Gasteiger partial charge < -0.3 is 29.9 Å². The van der Waals surface area contributed by atoms with E-state index in [0.717, 1.165) is 7.11 Å². The molecule has 4 N–H and O–H groups in total. The highest BCUT2D eigenvalue weighted by Crippen LogP contribution is 2.55. The lowest BCUT2D eigenvalue weighted by atomic mass is 9.68. The number of aromatic hydroxyl groups is 2. The standard InChI is InChI=1S/C22H20O9/c1-22(29)7-9(23)12-13(16(22)21(28)31-3)20(27)14-15(19(12)26)18(25)11-8(17(14)24)5-4-6-10(11)30-2/h4-6,9,16,23,26-27,29H,7H2,1-3H3/t9-,16-,22+/m0/s1. The maximum atomic E-state index is 13.3. The predicted octanol–water partition coefficient (Wildman–Crippen LogP) is 1.33. The molecule has 2 aromatic carbocycles. The number of phenols is 2. The molecule has 0 saturated carbocycles. The van der Waals surface area contributed by atoms with Gasteiger partial charge in [0.2, 0.25) is 5.78 Å². The third-order valence-electron chi connectivity index (χ3n) is 5.98. The minimum Gasteiger partial charge on any atom is -0.507 e. The fourth-order valence-electron chi connectivity index (χ4n) is 4.63. The molecule has 2 aliphatic rings. The van der Waals surface area contributed by atoms with Crippen molar-refractivity contribution in [3.05, 3.63) is 51.6 Å². The number of fused-ring (bicyclic) bond motifs is 3. The third kappa shape index (κ3) is 2.67. The highest BCUT2D eigenvalue weighted by Gasteiger charge is 2.52. The molecule has 0 saturated heterocycles. The van der Waals surface area contributed by atoms with E-state index in [0.29, 0.717) is 0 Å². The molecule has 0 unspecified atom stereocenters. The van der Waals surface area contributed by atoms with Crippen LogP contribution in [0.15, 0.2) is 18.2 Å². The Bertz CT molecular complexity index is 1160. The van der Waals surface area contributed by atoms with Crippen molar-refractivity contribution in [2.75, 3.05) is 14.2 Å². The number of aliphatic hydroxyl groups is 2. The van der Waals surface area contributed by atoms with Crippen molar-refractivity contribution in [2.24, 2.45) is 0 Å². The number of rotatable bonds is 2. The topological polar surface area (TPSA) is 151 Å². The van der Waals surface area contributed by atoms with Crippen LogP contribution in [0.25, 0.3) is 0 Å². The molecule has 0 radical (unpaired) electrons. The van der Waals surface area contributed by atoms with Crippen LogP contribution >= 0.6 is 0 Å². The Kier molecular flexibility index (Phi) is 4.56. The number of carbonyl (C=O) groups excluding carboxylic acids is 3. The molecule has 162 valence electrons. The first-order chi connectivity index (χ1) is 14.6. The average Bonchev–Trinajstić information content (AvgIpc) is 2.72. The van der Waals surface area contributed by atoms with Crippen LogP contribution in [0.1, 0.15) is 68.3 Å². The molecule has 0 spiro atoms. The molecule has 4 rings (SSSR count). The van der Waals surface area contributed by atoms with Gasteiger partial charge in [0.1, 0.15) is 23.2 Å². The summed E-state index contributed by atoms with van der Waals surface area (Å²) in [5.74, 6) is -5.42. The zero-order valence-corrected chi connectivity index (χ0v) is 16.9. The Morgan fingerprint density at radius 1 is 1.03 bits per heavy atom. The summed E-state index contributed by atoms with van der Waals surface area (Å²) in [5.41, 5.74) is -3.66. The number of hydrogen-bond donors (Lipinski definition) is 4. The first-order valence-corrected chi connectivity index (χ1v) is 9.43. The van der Waals surface area contributed by atoms with Crippen molar-refractivity contribution in [1.82, 2.24) is 0 Å². The molecule has 0 aliphatic heterocycles. The summed E-state index contributed by atoms with van der Waals surface area (Å²) in [4.78, 5) is 39.0. The Balaban J connectivity index is 2.11. The molecule has 3 atom stereocenters. The second-order valence-corrected chi connectivity index (χ2v) is 7.85. The molecule has 0 amide bonds. The van der Waals surface area contributed by atoms with Crippen molar-refractivity contribution in [2.45, 2.75) is 31.0 Å². The summed E-state index contributed by atoms with van der Waals surface area (Å²) in [7, 11) is 2.40. The normalized spacial score (nSPS) is 24.2. The Hall–Kier alpha value is -3.43. The Morgan fingerprint density at radius 3 is 2.26 bits per heavy atom. The second-order valence-electron chi connectivity index (χ2n) is 7.85. The molecule has 9 heteroatoms. The van der Waals surface area contributed by atoms with Gasteiger partial charge in [-0.25, -0.2) is 0 Å². The van der Waals surface area contributed by atoms with Crippen LogP contribution in [0.3, 0.4) is 0 Å². The van der Waals surface area contributed by atoms with Crippen LogP contribution in [0, 0.1) is 0 Å². The monoisotopic (exact) mass is 428 g/mol. The zero-order valence-electron chi connectivity index (χ0n) is 16.9. The van der Waals surface area contributed by atoms with Crippen molar-refractivity contribution >= 4 is 17.5 Å². The molecule has 31 heavy (non-hydrogen) atoms. The van der Waals surface area contributed by atoms with Gasteiger partial charge in [-0.2, -0.15) is 0 Å². The van der Waals surface area contributed by atoms with Gasteiger partial charge in [0, 0.05) is 23.1 Å². The van der Waals surface area contributed by atoms with Gasteiger partial charge >= 0.3 is 5.97 Å². The van der Waals surface area contributed by atoms with E-state index in [1.807, 2.05) is 0 Å². The van der Waals surface area contributed by atoms with Crippen molar-refractivity contribution in [3.63, 3.8) is 0 Å². The first-order valence-electron chi connectivity index (χ1n) is 9.43. The molecule has 0 fully saturated rings. The van der Waals surface area contributed by atoms with Gasteiger partial charge in [0.25, 0.3) is 0 Å². The molecular weight excluding hydrogens is 408 g/mol. The minimum absolute atomic E-state index is 0.0516. The number of carbonyl (C=O) groups is 3. The molecular formula is C22H20O9. The molecule has 0 bridgehead atoms. The lowest BCUT2D eigenvalue weighted by molar-refractivity contribution is -0.151. The summed E-state index contributed by atoms with van der Waals surface area (Å²) >= 11 is 0. The molecule has 2 aromatic rings. The largest absolute Gasteiger partial charge is 0.507 e. The second kappa shape index (κ2) is 6.79. The molecule has 0 heterocycles. The van der Waals surface area contributed by atoms with Crippen LogP contribution in [0.2, 0.25) is 0 Å². The summed E-state index contributed by atoms with van der Waals surface area (Å²) in [6.45, 7) is 1.27. The van der Waals surface area contributed by atoms with Crippen LogP contribution in [0.5, 0.6) is 17.2 Å². The van der Waals surface area contributed by atoms with E-state index in [4.69, 9.17) is 9.47 Å². The number of ketones is 2. The number of esters is 1. The quantitative estimate of drug-likeness (QED) is 0.350. The fraction of sp³-hybridized carbons (Fsp3) is 0.318.